The van der Waals surface area contributed by atoms with Gasteiger partial charge in [-0.2, -0.15) is 18.3 Å². The summed E-state index contributed by atoms with van der Waals surface area (Å²) >= 11 is 0. The lowest BCUT2D eigenvalue weighted by Crippen LogP contribution is -2.24. The molecule has 4 aromatic rings. The van der Waals surface area contributed by atoms with Gasteiger partial charge in [0.2, 0.25) is 5.91 Å². The standard InChI is InChI=1S/C22H19F3N6O/c23-22(24,25)17-13-31-19(26-17)11-9-15(28-31)8-10-18-27-20(29-12-4-7-21(29)32)14-30(18)16-5-2-1-3-6-16/h1-3,5-6,9,11,13-14H,4,7-8,10,12H2. The molecular formula is C22H19F3N6O. The van der Waals surface area contributed by atoms with Gasteiger partial charge in [-0.1, -0.05) is 18.2 Å². The average Bonchev–Trinajstić information content (AvgIpc) is 3.49. The normalized spacial score (nSPS) is 14.6. The van der Waals surface area contributed by atoms with Gasteiger partial charge >= 0.3 is 6.18 Å². The van der Waals surface area contributed by atoms with Crippen LogP contribution in [0.5, 0.6) is 0 Å². The van der Waals surface area contributed by atoms with Crippen molar-refractivity contribution in [2.24, 2.45) is 0 Å². The van der Waals surface area contributed by atoms with Gasteiger partial charge in [-0.3, -0.25) is 9.69 Å². The smallest absolute Gasteiger partial charge is 0.302 e. The van der Waals surface area contributed by atoms with Crippen molar-refractivity contribution in [2.75, 3.05) is 11.4 Å². The minimum Gasteiger partial charge on any atom is -0.302 e. The summed E-state index contributed by atoms with van der Waals surface area (Å²) in [6.07, 6.45) is 0.515. The highest BCUT2D eigenvalue weighted by molar-refractivity contribution is 5.94. The number of hydrogen-bond acceptors (Lipinski definition) is 4. The number of amides is 1. The number of halogens is 3. The fourth-order valence-corrected chi connectivity index (χ4v) is 3.85. The zero-order chi connectivity index (χ0) is 22.3. The van der Waals surface area contributed by atoms with Gasteiger partial charge < -0.3 is 4.57 Å². The quantitative estimate of drug-likeness (QED) is 0.473. The Balaban J connectivity index is 1.43. The highest BCUT2D eigenvalue weighted by Gasteiger charge is 2.34. The average molecular weight is 440 g/mol. The Bertz CT molecular complexity index is 1280. The number of benzene rings is 1. The number of hydrogen-bond donors (Lipinski definition) is 0. The van der Waals surface area contributed by atoms with Crippen molar-refractivity contribution in [3.05, 3.63) is 72.1 Å². The largest absolute Gasteiger partial charge is 0.434 e. The Labute approximate surface area is 181 Å². The molecule has 5 rings (SSSR count). The zero-order valence-electron chi connectivity index (χ0n) is 17.0. The number of fused-ring (bicyclic) bond motifs is 1. The molecule has 164 valence electrons. The SMILES string of the molecule is O=C1CCCN1c1cn(-c2ccccc2)c(CCc2ccc3nc(C(F)(F)F)cn3n2)n1. The third-order valence-corrected chi connectivity index (χ3v) is 5.42. The van der Waals surface area contributed by atoms with Crippen molar-refractivity contribution in [3.63, 3.8) is 0 Å². The molecule has 1 amide bonds. The van der Waals surface area contributed by atoms with Gasteiger partial charge in [0.15, 0.2) is 17.2 Å². The predicted octanol–water partition coefficient (Wildman–Crippen LogP) is 3.85. The molecule has 1 aliphatic rings. The van der Waals surface area contributed by atoms with Crippen molar-refractivity contribution in [2.45, 2.75) is 31.9 Å². The number of anilines is 1. The van der Waals surface area contributed by atoms with Crippen LogP contribution in [-0.2, 0) is 23.8 Å². The molecular weight excluding hydrogens is 421 g/mol. The van der Waals surface area contributed by atoms with E-state index in [-0.39, 0.29) is 11.6 Å². The summed E-state index contributed by atoms with van der Waals surface area (Å²) in [5, 5.41) is 4.28. The Morgan fingerprint density at radius 3 is 2.50 bits per heavy atom. The van der Waals surface area contributed by atoms with Gasteiger partial charge in [0, 0.05) is 25.1 Å². The minimum absolute atomic E-state index is 0.0574. The Morgan fingerprint density at radius 1 is 0.969 bits per heavy atom. The molecule has 7 nitrogen and oxygen atoms in total. The molecule has 10 heteroatoms. The maximum Gasteiger partial charge on any atom is 0.434 e. The van der Waals surface area contributed by atoms with Crippen LogP contribution in [0.25, 0.3) is 11.3 Å². The van der Waals surface area contributed by atoms with E-state index in [1.807, 2.05) is 41.1 Å². The van der Waals surface area contributed by atoms with Gasteiger partial charge in [0.25, 0.3) is 0 Å². The van der Waals surface area contributed by atoms with Crippen LogP contribution >= 0.6 is 0 Å². The topological polar surface area (TPSA) is 68.3 Å². The third kappa shape index (κ3) is 3.83. The molecule has 0 radical (unpaired) electrons. The van der Waals surface area contributed by atoms with Crippen LogP contribution in [0.4, 0.5) is 19.0 Å². The molecule has 0 spiro atoms. The van der Waals surface area contributed by atoms with Gasteiger partial charge in [-0.15, -0.1) is 0 Å². The number of para-hydroxylation sites is 1. The molecule has 1 aromatic carbocycles. The first-order chi connectivity index (χ1) is 15.4. The lowest BCUT2D eigenvalue weighted by molar-refractivity contribution is -0.140. The molecule has 1 saturated heterocycles. The number of carbonyl (C=O) groups excluding carboxylic acids is 1. The number of imidazole rings is 2. The highest BCUT2D eigenvalue weighted by Crippen LogP contribution is 2.28. The molecule has 0 saturated carbocycles. The first-order valence-corrected chi connectivity index (χ1v) is 10.2. The first kappa shape index (κ1) is 20.2. The van der Waals surface area contributed by atoms with Gasteiger partial charge in [-0.05, 0) is 37.1 Å². The van der Waals surface area contributed by atoms with Gasteiger partial charge in [0.05, 0.1) is 18.1 Å². The van der Waals surface area contributed by atoms with E-state index in [9.17, 15) is 18.0 Å². The number of alkyl halides is 3. The Kier molecular flexibility index (Phi) is 4.91. The first-order valence-electron chi connectivity index (χ1n) is 10.2. The van der Waals surface area contributed by atoms with Crippen molar-refractivity contribution in [1.29, 1.82) is 0 Å². The summed E-state index contributed by atoms with van der Waals surface area (Å²) < 4.78 is 41.8. The zero-order valence-corrected chi connectivity index (χ0v) is 17.0. The van der Waals surface area contributed by atoms with Crippen molar-refractivity contribution in [1.82, 2.24) is 24.1 Å². The van der Waals surface area contributed by atoms with Crippen LogP contribution < -0.4 is 4.90 Å². The maximum absolute atomic E-state index is 12.9. The van der Waals surface area contributed by atoms with Crippen LogP contribution in [0.2, 0.25) is 0 Å². The fraction of sp³-hybridized carbons (Fsp3) is 0.273. The van der Waals surface area contributed by atoms with Crippen LogP contribution in [0, 0.1) is 0 Å². The van der Waals surface area contributed by atoms with Gasteiger partial charge in [0.1, 0.15) is 5.82 Å². The number of carbonyl (C=O) groups is 1. The molecule has 0 N–H and O–H groups in total. The van der Waals surface area contributed by atoms with E-state index in [1.165, 1.54) is 6.07 Å². The second-order valence-corrected chi connectivity index (χ2v) is 7.62. The molecule has 1 aliphatic heterocycles. The van der Waals surface area contributed by atoms with E-state index >= 15 is 0 Å². The van der Waals surface area contributed by atoms with E-state index in [0.29, 0.717) is 37.3 Å². The van der Waals surface area contributed by atoms with E-state index < -0.39 is 11.9 Å². The summed E-state index contributed by atoms with van der Waals surface area (Å²) in [6, 6.07) is 12.9. The predicted molar refractivity (Wildman–Crippen MR) is 111 cm³/mol. The van der Waals surface area contributed by atoms with Crippen molar-refractivity contribution in [3.8, 4) is 5.69 Å². The summed E-state index contributed by atoms with van der Waals surface area (Å²) in [5.74, 6) is 1.41. The van der Waals surface area contributed by atoms with E-state index in [0.717, 1.165) is 28.6 Å². The van der Waals surface area contributed by atoms with Gasteiger partial charge in [-0.25, -0.2) is 14.5 Å². The molecule has 0 bridgehead atoms. The summed E-state index contributed by atoms with van der Waals surface area (Å²) in [4.78, 5) is 22.2. The molecule has 1 fully saturated rings. The maximum atomic E-state index is 12.9. The summed E-state index contributed by atoms with van der Waals surface area (Å²) in [5.41, 5.74) is 0.703. The second kappa shape index (κ2) is 7.77. The molecule has 4 heterocycles. The minimum atomic E-state index is -4.52. The lowest BCUT2D eigenvalue weighted by atomic mass is 10.2. The number of aromatic nitrogens is 5. The van der Waals surface area contributed by atoms with Crippen LogP contribution in [0.3, 0.4) is 0 Å². The Hall–Kier alpha value is -3.69. The molecule has 32 heavy (non-hydrogen) atoms. The number of nitrogens with zero attached hydrogens (tertiary/aromatic N) is 6. The van der Waals surface area contributed by atoms with Crippen molar-refractivity contribution < 1.29 is 18.0 Å². The molecule has 0 unspecified atom stereocenters. The third-order valence-electron chi connectivity index (χ3n) is 5.42. The molecule has 0 aliphatic carbocycles. The second-order valence-electron chi connectivity index (χ2n) is 7.62. The van der Waals surface area contributed by atoms with E-state index in [4.69, 9.17) is 4.98 Å². The highest BCUT2D eigenvalue weighted by atomic mass is 19.4. The monoisotopic (exact) mass is 440 g/mol. The van der Waals surface area contributed by atoms with Crippen molar-refractivity contribution >= 4 is 17.4 Å². The Morgan fingerprint density at radius 2 is 1.78 bits per heavy atom. The van der Waals surface area contributed by atoms with E-state index in [1.54, 1.807) is 11.0 Å². The van der Waals surface area contributed by atoms with Crippen LogP contribution in [0.1, 0.15) is 30.1 Å². The number of rotatable bonds is 5. The number of aryl methyl sites for hydroxylation is 2. The molecule has 3 aromatic heterocycles. The fourth-order valence-electron chi connectivity index (χ4n) is 3.85. The van der Waals surface area contributed by atoms with Crippen LogP contribution in [0.15, 0.2) is 54.9 Å². The summed E-state index contributed by atoms with van der Waals surface area (Å²) in [7, 11) is 0. The molecule has 0 atom stereocenters. The lowest BCUT2D eigenvalue weighted by Gasteiger charge is -2.10. The van der Waals surface area contributed by atoms with Crippen LogP contribution in [-0.4, -0.2) is 36.6 Å². The van der Waals surface area contributed by atoms with E-state index in [2.05, 4.69) is 10.1 Å². The summed E-state index contributed by atoms with van der Waals surface area (Å²) in [6.45, 7) is 0.643.